The van der Waals surface area contributed by atoms with E-state index in [1.54, 1.807) is 13.0 Å². The van der Waals surface area contributed by atoms with E-state index in [1.165, 1.54) is 12.2 Å². The summed E-state index contributed by atoms with van der Waals surface area (Å²) >= 11 is 0. The van der Waals surface area contributed by atoms with E-state index in [2.05, 4.69) is 0 Å². The van der Waals surface area contributed by atoms with Crippen molar-refractivity contribution in [3.8, 4) is 0 Å². The predicted molar refractivity (Wildman–Crippen MR) is 97.2 cm³/mol. The maximum atomic E-state index is 11.0. The molecule has 0 aliphatic heterocycles. The Hall–Kier alpha value is -2.31. The fourth-order valence-corrected chi connectivity index (χ4v) is 2.26. The standard InChI is InChI=1S/C18H28N2O5/c1-2-12-17(19(22)23)14-15-18(20(24)25)13-10-8-6-4-3-5-7-9-11-16-21/h8,10,12,15-16H,2-7,9,11,13-14H2,1H3/b10-8+,17-12-,18-15-. The third-order valence-electron chi connectivity index (χ3n) is 3.64. The average molecular weight is 352 g/mol. The van der Waals surface area contributed by atoms with Gasteiger partial charge in [0.15, 0.2) is 0 Å². The lowest BCUT2D eigenvalue weighted by molar-refractivity contribution is -0.431. The highest BCUT2D eigenvalue weighted by atomic mass is 16.6. The Labute approximate surface area is 148 Å². The highest BCUT2D eigenvalue weighted by molar-refractivity contribution is 5.48. The Morgan fingerprint density at radius 2 is 1.36 bits per heavy atom. The summed E-state index contributed by atoms with van der Waals surface area (Å²) in [6.07, 6.45) is 14.7. The minimum Gasteiger partial charge on any atom is -0.303 e. The molecule has 0 heterocycles. The van der Waals surface area contributed by atoms with Gasteiger partial charge in [0.05, 0.1) is 22.7 Å². The zero-order chi connectivity index (χ0) is 18.9. The van der Waals surface area contributed by atoms with Gasteiger partial charge in [-0.2, -0.15) is 0 Å². The van der Waals surface area contributed by atoms with Crippen molar-refractivity contribution in [1.82, 2.24) is 0 Å². The van der Waals surface area contributed by atoms with Crippen molar-refractivity contribution in [3.05, 3.63) is 55.9 Å². The number of carbonyl (C=O) groups excluding carboxylic acids is 1. The van der Waals surface area contributed by atoms with Gasteiger partial charge in [-0.15, -0.1) is 0 Å². The zero-order valence-electron chi connectivity index (χ0n) is 14.9. The molecule has 0 fully saturated rings. The van der Waals surface area contributed by atoms with Gasteiger partial charge < -0.3 is 4.79 Å². The molecular formula is C18H28N2O5. The Morgan fingerprint density at radius 1 is 0.800 bits per heavy atom. The first kappa shape index (κ1) is 22.7. The normalized spacial score (nSPS) is 12.5. The van der Waals surface area contributed by atoms with Gasteiger partial charge in [0, 0.05) is 6.42 Å². The van der Waals surface area contributed by atoms with Crippen molar-refractivity contribution in [1.29, 1.82) is 0 Å². The molecule has 0 aromatic carbocycles. The molecule has 0 amide bonds. The van der Waals surface area contributed by atoms with Gasteiger partial charge in [-0.1, -0.05) is 38.3 Å². The first-order valence-electron chi connectivity index (χ1n) is 8.78. The van der Waals surface area contributed by atoms with Gasteiger partial charge in [-0.3, -0.25) is 20.2 Å². The Kier molecular flexibility index (Phi) is 13.8. The van der Waals surface area contributed by atoms with Crippen molar-refractivity contribution in [3.63, 3.8) is 0 Å². The van der Waals surface area contributed by atoms with Crippen LogP contribution in [0.4, 0.5) is 0 Å². The average Bonchev–Trinajstić information content (AvgIpc) is 2.57. The highest BCUT2D eigenvalue weighted by Crippen LogP contribution is 2.12. The van der Waals surface area contributed by atoms with E-state index in [4.69, 9.17) is 0 Å². The topological polar surface area (TPSA) is 103 Å². The molecule has 7 nitrogen and oxygen atoms in total. The van der Waals surface area contributed by atoms with Gasteiger partial charge in [-0.25, -0.2) is 0 Å². The summed E-state index contributed by atoms with van der Waals surface area (Å²) in [4.78, 5) is 31.0. The van der Waals surface area contributed by atoms with E-state index in [1.807, 2.05) is 6.08 Å². The molecule has 0 saturated heterocycles. The van der Waals surface area contributed by atoms with Gasteiger partial charge >= 0.3 is 0 Å². The summed E-state index contributed by atoms with van der Waals surface area (Å²) in [5, 5.41) is 21.8. The van der Waals surface area contributed by atoms with Gasteiger partial charge in [0.25, 0.3) is 0 Å². The number of nitro groups is 2. The fraction of sp³-hybridized carbons (Fsp3) is 0.611. The van der Waals surface area contributed by atoms with Gasteiger partial charge in [0.2, 0.25) is 11.4 Å². The summed E-state index contributed by atoms with van der Waals surface area (Å²) < 4.78 is 0. The lowest BCUT2D eigenvalue weighted by atomic mass is 10.1. The molecule has 0 unspecified atom stereocenters. The first-order valence-corrected chi connectivity index (χ1v) is 8.78. The van der Waals surface area contributed by atoms with E-state index in [0.29, 0.717) is 12.8 Å². The van der Waals surface area contributed by atoms with Crippen LogP contribution in [0.25, 0.3) is 0 Å². The number of carbonyl (C=O) groups is 1. The quantitative estimate of drug-likeness (QED) is 0.136. The van der Waals surface area contributed by atoms with Crippen LogP contribution in [0.1, 0.15) is 71.1 Å². The van der Waals surface area contributed by atoms with E-state index in [9.17, 15) is 25.0 Å². The summed E-state index contributed by atoms with van der Waals surface area (Å²) in [5.41, 5.74) is -0.0330. The molecule has 0 aliphatic carbocycles. The third-order valence-corrected chi connectivity index (χ3v) is 3.64. The second-order valence-electron chi connectivity index (χ2n) is 5.70. The molecule has 0 aromatic rings. The van der Waals surface area contributed by atoms with Gasteiger partial charge in [-0.05, 0) is 37.8 Å². The van der Waals surface area contributed by atoms with E-state index in [-0.39, 0.29) is 24.2 Å². The minimum absolute atomic E-state index is 0.0135. The summed E-state index contributed by atoms with van der Waals surface area (Å²) in [7, 11) is 0. The van der Waals surface area contributed by atoms with Crippen molar-refractivity contribution >= 4 is 6.29 Å². The molecule has 25 heavy (non-hydrogen) atoms. The predicted octanol–water partition coefficient (Wildman–Crippen LogP) is 4.98. The van der Waals surface area contributed by atoms with Crippen LogP contribution in [0.3, 0.4) is 0 Å². The van der Waals surface area contributed by atoms with Crippen LogP contribution in [-0.2, 0) is 4.79 Å². The lowest BCUT2D eigenvalue weighted by Gasteiger charge is -1.98. The van der Waals surface area contributed by atoms with E-state index >= 15 is 0 Å². The lowest BCUT2D eigenvalue weighted by Crippen LogP contribution is -2.01. The van der Waals surface area contributed by atoms with Crippen molar-refractivity contribution in [2.24, 2.45) is 0 Å². The molecular weight excluding hydrogens is 324 g/mol. The smallest absolute Gasteiger partial charge is 0.246 e. The molecule has 0 saturated carbocycles. The van der Waals surface area contributed by atoms with Crippen LogP contribution >= 0.6 is 0 Å². The number of rotatable bonds is 15. The molecule has 0 aromatic heterocycles. The fourth-order valence-electron chi connectivity index (χ4n) is 2.26. The molecule has 140 valence electrons. The number of hydrogen-bond donors (Lipinski definition) is 0. The van der Waals surface area contributed by atoms with Crippen LogP contribution in [0, 0.1) is 20.2 Å². The SMILES string of the molecule is CC/C=C(/C/C=C(/C/C=C/CCCCCCCC=O)[N+](=O)[O-])[N+](=O)[O-]. The Balaban J connectivity index is 4.20. The summed E-state index contributed by atoms with van der Waals surface area (Å²) in [6.45, 7) is 1.78. The molecule has 0 aliphatic rings. The van der Waals surface area contributed by atoms with Gasteiger partial charge in [0.1, 0.15) is 6.29 Å². The van der Waals surface area contributed by atoms with Crippen LogP contribution in [0.5, 0.6) is 0 Å². The molecule has 0 rings (SSSR count). The second kappa shape index (κ2) is 15.2. The molecule has 0 bridgehead atoms. The van der Waals surface area contributed by atoms with E-state index < -0.39 is 9.85 Å². The Bertz CT molecular complexity index is 510. The number of hydrogen-bond acceptors (Lipinski definition) is 5. The van der Waals surface area contributed by atoms with Crippen LogP contribution < -0.4 is 0 Å². The zero-order valence-corrected chi connectivity index (χ0v) is 14.9. The van der Waals surface area contributed by atoms with Crippen LogP contribution in [0.2, 0.25) is 0 Å². The summed E-state index contributed by atoms with van der Waals surface area (Å²) in [5.74, 6) is 0. The number of unbranched alkanes of at least 4 members (excludes halogenated alkanes) is 6. The molecule has 0 N–H and O–H groups in total. The van der Waals surface area contributed by atoms with E-state index in [0.717, 1.165) is 44.8 Å². The van der Waals surface area contributed by atoms with Crippen molar-refractivity contribution < 1.29 is 14.6 Å². The molecule has 0 atom stereocenters. The maximum Gasteiger partial charge on any atom is 0.246 e. The monoisotopic (exact) mass is 352 g/mol. The number of nitrogens with zero attached hydrogens (tertiary/aromatic N) is 2. The number of allylic oxidation sites excluding steroid dienone is 4. The van der Waals surface area contributed by atoms with Crippen LogP contribution in [-0.4, -0.2) is 16.1 Å². The van der Waals surface area contributed by atoms with Crippen LogP contribution in [0.15, 0.2) is 35.7 Å². The maximum absolute atomic E-state index is 11.0. The highest BCUT2D eigenvalue weighted by Gasteiger charge is 2.13. The summed E-state index contributed by atoms with van der Waals surface area (Å²) in [6, 6.07) is 0. The van der Waals surface area contributed by atoms with Crippen molar-refractivity contribution in [2.45, 2.75) is 71.1 Å². The molecule has 7 heteroatoms. The minimum atomic E-state index is -0.498. The largest absolute Gasteiger partial charge is 0.303 e. The number of aldehydes is 1. The van der Waals surface area contributed by atoms with Crippen molar-refractivity contribution in [2.75, 3.05) is 0 Å². The Morgan fingerprint density at radius 3 is 1.92 bits per heavy atom. The first-order chi connectivity index (χ1) is 12.0. The molecule has 0 spiro atoms. The second-order valence-corrected chi connectivity index (χ2v) is 5.70. The molecule has 0 radical (unpaired) electrons. The third kappa shape index (κ3) is 12.7.